The number of rotatable bonds is 6. The third kappa shape index (κ3) is 3.75. The van der Waals surface area contributed by atoms with Crippen LogP contribution >= 0.6 is 0 Å². The van der Waals surface area contributed by atoms with Crippen LogP contribution < -0.4 is 0 Å². The lowest BCUT2D eigenvalue weighted by atomic mass is 9.85. The summed E-state index contributed by atoms with van der Waals surface area (Å²) in [6.07, 6.45) is 9.90. The van der Waals surface area contributed by atoms with E-state index < -0.39 is 0 Å². The quantitative estimate of drug-likeness (QED) is 0.519. The summed E-state index contributed by atoms with van der Waals surface area (Å²) in [5.41, 5.74) is 0. The average Bonchev–Trinajstić information content (AvgIpc) is 2.11. The highest BCUT2D eigenvalue weighted by molar-refractivity contribution is 5.12. The molecule has 1 radical (unpaired) electrons. The zero-order valence-electron chi connectivity index (χ0n) is 8.64. The molecule has 0 aromatic rings. The highest BCUT2D eigenvalue weighted by atomic mass is 14.2. The number of allylic oxidation sites excluding steroid dienone is 3. The van der Waals surface area contributed by atoms with Crippen LogP contribution in [0.2, 0.25) is 0 Å². The lowest BCUT2D eigenvalue weighted by Crippen LogP contribution is -2.07. The molecule has 0 heterocycles. The van der Waals surface area contributed by atoms with Gasteiger partial charge in [0.1, 0.15) is 0 Å². The van der Waals surface area contributed by atoms with Crippen LogP contribution in [0.1, 0.15) is 40.0 Å². The Morgan fingerprint density at radius 3 is 2.42 bits per heavy atom. The predicted molar refractivity (Wildman–Crippen MR) is 56.9 cm³/mol. The Morgan fingerprint density at radius 1 is 1.42 bits per heavy atom. The summed E-state index contributed by atoms with van der Waals surface area (Å²) in [4.78, 5) is 0. The number of hydrogen-bond donors (Lipinski definition) is 0. The molecule has 0 fully saturated rings. The van der Waals surface area contributed by atoms with Gasteiger partial charge in [0.05, 0.1) is 0 Å². The molecule has 0 heteroatoms. The first-order chi connectivity index (χ1) is 5.79. The lowest BCUT2D eigenvalue weighted by molar-refractivity contribution is 0.533. The van der Waals surface area contributed by atoms with Crippen LogP contribution in [0.3, 0.4) is 0 Å². The molecule has 0 aromatic carbocycles. The van der Waals surface area contributed by atoms with Gasteiger partial charge < -0.3 is 0 Å². The Bertz CT molecular complexity index is 133. The Labute approximate surface area is 77.4 Å². The van der Waals surface area contributed by atoms with Crippen molar-refractivity contribution < 1.29 is 0 Å². The van der Waals surface area contributed by atoms with Crippen LogP contribution in [0.5, 0.6) is 0 Å². The van der Waals surface area contributed by atoms with Crippen LogP contribution in [0.15, 0.2) is 24.8 Å². The average molecular weight is 165 g/mol. The van der Waals surface area contributed by atoms with E-state index in [0.29, 0.717) is 5.92 Å². The zero-order valence-corrected chi connectivity index (χ0v) is 8.64. The fourth-order valence-corrected chi connectivity index (χ4v) is 1.54. The molecule has 0 aliphatic heterocycles. The molecule has 1 unspecified atom stereocenters. The van der Waals surface area contributed by atoms with Gasteiger partial charge in [-0.2, -0.15) is 0 Å². The number of hydrogen-bond acceptors (Lipinski definition) is 0. The van der Waals surface area contributed by atoms with Gasteiger partial charge in [-0.15, -0.1) is 6.58 Å². The summed E-state index contributed by atoms with van der Waals surface area (Å²) < 4.78 is 0. The minimum absolute atomic E-state index is 0.712. The standard InChI is InChI=1S/C12H21/c1-5-9-11(7-3)12(8-4)10-6-2/h5-6,10-11H,1,7-9H2,2-4H3. The normalized spacial score (nSPS) is 14.0. The van der Waals surface area contributed by atoms with Gasteiger partial charge in [0.15, 0.2) is 0 Å². The molecule has 0 amide bonds. The molecular formula is C12H21. The Kier molecular flexibility index (Phi) is 6.84. The Balaban J connectivity index is 4.10. The third-order valence-electron chi connectivity index (χ3n) is 2.26. The van der Waals surface area contributed by atoms with Gasteiger partial charge in [0.25, 0.3) is 0 Å². The fraction of sp³-hybridized carbons (Fsp3) is 0.583. The second kappa shape index (κ2) is 7.15. The molecule has 0 N–H and O–H groups in total. The monoisotopic (exact) mass is 165 g/mol. The molecular weight excluding hydrogens is 144 g/mol. The topological polar surface area (TPSA) is 0 Å². The zero-order chi connectivity index (χ0) is 9.40. The van der Waals surface area contributed by atoms with E-state index in [1.54, 1.807) is 5.92 Å². The predicted octanol–water partition coefficient (Wildman–Crippen LogP) is 4.15. The summed E-state index contributed by atoms with van der Waals surface area (Å²) in [6, 6.07) is 0. The molecule has 0 aliphatic rings. The van der Waals surface area contributed by atoms with E-state index in [9.17, 15) is 0 Å². The van der Waals surface area contributed by atoms with Crippen molar-refractivity contribution >= 4 is 0 Å². The second-order valence-electron chi connectivity index (χ2n) is 3.06. The van der Waals surface area contributed by atoms with Crippen molar-refractivity contribution in [2.24, 2.45) is 5.92 Å². The molecule has 0 saturated heterocycles. The smallest absolute Gasteiger partial charge is 0.000366 e. The van der Waals surface area contributed by atoms with E-state index in [1.807, 2.05) is 6.08 Å². The van der Waals surface area contributed by atoms with E-state index >= 15 is 0 Å². The molecule has 0 nitrogen and oxygen atoms in total. The fourth-order valence-electron chi connectivity index (χ4n) is 1.54. The van der Waals surface area contributed by atoms with Crippen molar-refractivity contribution in [3.8, 4) is 0 Å². The van der Waals surface area contributed by atoms with E-state index in [0.717, 1.165) is 12.8 Å². The highest BCUT2D eigenvalue weighted by Crippen LogP contribution is 2.26. The van der Waals surface area contributed by atoms with Crippen molar-refractivity contribution in [3.63, 3.8) is 0 Å². The van der Waals surface area contributed by atoms with Gasteiger partial charge in [-0.1, -0.05) is 38.5 Å². The van der Waals surface area contributed by atoms with Gasteiger partial charge in [-0.05, 0) is 25.7 Å². The van der Waals surface area contributed by atoms with Gasteiger partial charge >= 0.3 is 0 Å². The molecule has 0 aliphatic carbocycles. The Hall–Kier alpha value is -0.520. The van der Waals surface area contributed by atoms with Crippen LogP contribution in [-0.2, 0) is 0 Å². The molecule has 1 atom stereocenters. The minimum atomic E-state index is 0.712. The van der Waals surface area contributed by atoms with Gasteiger partial charge in [0.2, 0.25) is 0 Å². The molecule has 0 bridgehead atoms. The van der Waals surface area contributed by atoms with Crippen molar-refractivity contribution in [2.45, 2.75) is 40.0 Å². The molecule has 0 rings (SSSR count). The summed E-state index contributed by atoms with van der Waals surface area (Å²) in [5.74, 6) is 2.27. The van der Waals surface area contributed by atoms with E-state index in [1.165, 1.54) is 6.42 Å². The van der Waals surface area contributed by atoms with Crippen LogP contribution in [0.4, 0.5) is 0 Å². The maximum atomic E-state index is 3.79. The van der Waals surface area contributed by atoms with Crippen LogP contribution in [-0.4, -0.2) is 0 Å². The first-order valence-corrected chi connectivity index (χ1v) is 4.89. The first kappa shape index (κ1) is 11.5. The maximum Gasteiger partial charge on any atom is 0.000366 e. The first-order valence-electron chi connectivity index (χ1n) is 4.89. The maximum absolute atomic E-state index is 3.79. The summed E-state index contributed by atoms with van der Waals surface area (Å²) in [7, 11) is 0. The SMILES string of the molecule is C=CCC(CC)[C](C=CC)CC. The lowest BCUT2D eigenvalue weighted by Gasteiger charge is -2.19. The van der Waals surface area contributed by atoms with Crippen LogP contribution in [0, 0.1) is 11.8 Å². The summed E-state index contributed by atoms with van der Waals surface area (Å²) in [5, 5.41) is 0. The minimum Gasteiger partial charge on any atom is -0.103 e. The largest absolute Gasteiger partial charge is 0.103 e. The van der Waals surface area contributed by atoms with Crippen LogP contribution in [0.25, 0.3) is 0 Å². The second-order valence-corrected chi connectivity index (χ2v) is 3.06. The molecule has 0 aromatic heterocycles. The highest BCUT2D eigenvalue weighted by Gasteiger charge is 2.13. The van der Waals surface area contributed by atoms with E-state index in [2.05, 4.69) is 39.5 Å². The van der Waals surface area contributed by atoms with Gasteiger partial charge in [0, 0.05) is 5.92 Å². The molecule has 0 saturated carbocycles. The summed E-state index contributed by atoms with van der Waals surface area (Å²) in [6.45, 7) is 10.3. The van der Waals surface area contributed by atoms with Gasteiger partial charge in [-0.3, -0.25) is 0 Å². The molecule has 69 valence electrons. The van der Waals surface area contributed by atoms with Crippen molar-refractivity contribution in [3.05, 3.63) is 30.7 Å². The van der Waals surface area contributed by atoms with Gasteiger partial charge in [-0.25, -0.2) is 0 Å². The summed E-state index contributed by atoms with van der Waals surface area (Å²) >= 11 is 0. The molecule has 0 spiro atoms. The Morgan fingerprint density at radius 2 is 2.08 bits per heavy atom. The van der Waals surface area contributed by atoms with Crippen molar-refractivity contribution in [1.82, 2.24) is 0 Å². The van der Waals surface area contributed by atoms with E-state index in [4.69, 9.17) is 0 Å². The molecule has 12 heavy (non-hydrogen) atoms. The van der Waals surface area contributed by atoms with E-state index in [-0.39, 0.29) is 0 Å². The van der Waals surface area contributed by atoms with Crippen molar-refractivity contribution in [1.29, 1.82) is 0 Å². The van der Waals surface area contributed by atoms with Crippen molar-refractivity contribution in [2.75, 3.05) is 0 Å². The third-order valence-corrected chi connectivity index (χ3v) is 2.26.